The highest BCUT2D eigenvalue weighted by molar-refractivity contribution is 7.21. The van der Waals surface area contributed by atoms with Gasteiger partial charge in [0.15, 0.2) is 0 Å². The van der Waals surface area contributed by atoms with E-state index in [9.17, 15) is 0 Å². The monoisotopic (exact) mass is 303 g/mol. The average Bonchev–Trinajstić information content (AvgIpc) is 3.00. The van der Waals surface area contributed by atoms with E-state index in [0.717, 1.165) is 26.6 Å². The molecular formula is C16H9N5S. The Morgan fingerprint density at radius 2 is 2.05 bits per heavy atom. The molecule has 0 fully saturated rings. The number of allylic oxidation sites excluding steroid dienone is 1. The highest BCUT2D eigenvalue weighted by atomic mass is 32.1. The summed E-state index contributed by atoms with van der Waals surface area (Å²) in [5, 5.41) is 21.3. The minimum Gasteiger partial charge on any atom is -0.360 e. The Morgan fingerprint density at radius 1 is 1.18 bits per heavy atom. The number of nitrogens with zero attached hydrogens (tertiary/aromatic N) is 4. The molecule has 0 amide bonds. The summed E-state index contributed by atoms with van der Waals surface area (Å²) in [4.78, 5) is 9.75. The van der Waals surface area contributed by atoms with Crippen LogP contribution in [0.3, 0.4) is 0 Å². The summed E-state index contributed by atoms with van der Waals surface area (Å²) in [6, 6.07) is 15.0. The molecule has 6 heteroatoms. The Morgan fingerprint density at radius 3 is 2.82 bits per heavy atom. The van der Waals surface area contributed by atoms with Gasteiger partial charge in [-0.15, -0.1) is 0 Å². The molecule has 1 N–H and O–H groups in total. The SMILES string of the molecule is N#CC(C#N)=CNc1cccc(-c2nc3cccnc3s2)c1. The van der Waals surface area contributed by atoms with Crippen LogP contribution >= 0.6 is 11.3 Å². The molecule has 0 aliphatic rings. The number of aromatic nitrogens is 2. The number of benzene rings is 1. The van der Waals surface area contributed by atoms with Crippen LogP contribution in [0.4, 0.5) is 5.69 Å². The van der Waals surface area contributed by atoms with Crippen molar-refractivity contribution in [2.24, 2.45) is 0 Å². The van der Waals surface area contributed by atoms with E-state index in [2.05, 4.69) is 15.3 Å². The molecule has 0 unspecified atom stereocenters. The Bertz CT molecular complexity index is 894. The number of rotatable bonds is 3. The Balaban J connectivity index is 1.93. The molecule has 0 aliphatic carbocycles. The van der Waals surface area contributed by atoms with E-state index < -0.39 is 0 Å². The smallest absolute Gasteiger partial charge is 0.145 e. The van der Waals surface area contributed by atoms with E-state index in [4.69, 9.17) is 10.5 Å². The number of hydrogen-bond donors (Lipinski definition) is 1. The summed E-state index contributed by atoms with van der Waals surface area (Å²) in [5.41, 5.74) is 2.64. The van der Waals surface area contributed by atoms with Crippen LogP contribution in [0.2, 0.25) is 0 Å². The maximum absolute atomic E-state index is 8.72. The van der Waals surface area contributed by atoms with Crippen molar-refractivity contribution < 1.29 is 0 Å². The molecule has 22 heavy (non-hydrogen) atoms. The van der Waals surface area contributed by atoms with E-state index in [1.54, 1.807) is 18.3 Å². The van der Waals surface area contributed by atoms with Crippen LogP contribution in [0.1, 0.15) is 0 Å². The van der Waals surface area contributed by atoms with Crippen molar-refractivity contribution in [3.63, 3.8) is 0 Å². The first kappa shape index (κ1) is 13.7. The molecule has 0 aliphatic heterocycles. The second-order valence-corrected chi connectivity index (χ2v) is 5.33. The highest BCUT2D eigenvalue weighted by Crippen LogP contribution is 2.30. The molecule has 2 aromatic heterocycles. The molecule has 2 heterocycles. The molecule has 104 valence electrons. The van der Waals surface area contributed by atoms with Gasteiger partial charge in [-0.1, -0.05) is 23.5 Å². The van der Waals surface area contributed by atoms with Crippen LogP contribution in [-0.4, -0.2) is 9.97 Å². The number of pyridine rings is 1. The number of fused-ring (bicyclic) bond motifs is 1. The number of hydrogen-bond acceptors (Lipinski definition) is 6. The van der Waals surface area contributed by atoms with Crippen LogP contribution < -0.4 is 5.32 Å². The lowest BCUT2D eigenvalue weighted by atomic mass is 10.2. The lowest BCUT2D eigenvalue weighted by Gasteiger charge is -2.02. The molecule has 0 saturated heterocycles. The maximum atomic E-state index is 8.72. The molecule has 0 atom stereocenters. The van der Waals surface area contributed by atoms with E-state index in [1.165, 1.54) is 17.5 Å². The fraction of sp³-hybridized carbons (Fsp3) is 0. The van der Waals surface area contributed by atoms with Crippen LogP contribution in [0.5, 0.6) is 0 Å². The van der Waals surface area contributed by atoms with Gasteiger partial charge in [-0.2, -0.15) is 10.5 Å². The van der Waals surface area contributed by atoms with E-state index in [-0.39, 0.29) is 5.57 Å². The van der Waals surface area contributed by atoms with E-state index >= 15 is 0 Å². The summed E-state index contributed by atoms with van der Waals surface area (Å²) in [5.74, 6) is 0. The fourth-order valence-corrected chi connectivity index (χ4v) is 2.78. The lowest BCUT2D eigenvalue weighted by molar-refractivity contribution is 1.40. The molecule has 1 aromatic carbocycles. The standard InChI is InChI=1S/C16H9N5S/c17-8-11(9-18)10-20-13-4-1-3-12(7-13)15-21-14-5-2-6-19-16(14)22-15/h1-7,10,20H. The summed E-state index contributed by atoms with van der Waals surface area (Å²) in [7, 11) is 0. The molecule has 0 spiro atoms. The van der Waals surface area contributed by atoms with Crippen molar-refractivity contribution >= 4 is 27.4 Å². The molecule has 0 radical (unpaired) electrons. The molecule has 3 aromatic rings. The first-order chi connectivity index (χ1) is 10.8. The first-order valence-electron chi connectivity index (χ1n) is 6.39. The summed E-state index contributed by atoms with van der Waals surface area (Å²) in [6.07, 6.45) is 3.14. The minimum atomic E-state index is 0.0228. The zero-order chi connectivity index (χ0) is 15.4. The van der Waals surface area contributed by atoms with Crippen molar-refractivity contribution in [1.29, 1.82) is 10.5 Å². The van der Waals surface area contributed by atoms with Crippen molar-refractivity contribution in [2.75, 3.05) is 5.32 Å². The average molecular weight is 303 g/mol. The molecule has 3 rings (SSSR count). The number of nitriles is 2. The van der Waals surface area contributed by atoms with Gasteiger partial charge in [0.1, 0.15) is 33.1 Å². The predicted molar refractivity (Wildman–Crippen MR) is 85.8 cm³/mol. The first-order valence-corrected chi connectivity index (χ1v) is 7.21. The van der Waals surface area contributed by atoms with Gasteiger partial charge in [0, 0.05) is 23.6 Å². The molecule has 5 nitrogen and oxygen atoms in total. The third-order valence-electron chi connectivity index (χ3n) is 2.90. The maximum Gasteiger partial charge on any atom is 0.145 e. The second-order valence-electron chi connectivity index (χ2n) is 4.35. The Labute approximate surface area is 130 Å². The fourth-order valence-electron chi connectivity index (χ4n) is 1.88. The highest BCUT2D eigenvalue weighted by Gasteiger charge is 2.07. The quantitative estimate of drug-likeness (QED) is 0.746. The second kappa shape index (κ2) is 6.04. The van der Waals surface area contributed by atoms with Crippen LogP contribution in [-0.2, 0) is 0 Å². The zero-order valence-corrected chi connectivity index (χ0v) is 12.1. The van der Waals surface area contributed by atoms with Crippen LogP contribution in [0.15, 0.2) is 54.4 Å². The van der Waals surface area contributed by atoms with Crippen LogP contribution in [0.25, 0.3) is 20.9 Å². The van der Waals surface area contributed by atoms with Crippen molar-refractivity contribution in [3.05, 3.63) is 54.4 Å². The third kappa shape index (κ3) is 2.78. The zero-order valence-electron chi connectivity index (χ0n) is 11.3. The number of nitrogens with one attached hydrogen (secondary N) is 1. The van der Waals surface area contributed by atoms with Gasteiger partial charge in [0.2, 0.25) is 0 Å². The van der Waals surface area contributed by atoms with E-state index in [1.807, 2.05) is 36.4 Å². The van der Waals surface area contributed by atoms with Crippen molar-refractivity contribution in [1.82, 2.24) is 9.97 Å². The predicted octanol–water partition coefficient (Wildman–Crippen LogP) is 3.70. The van der Waals surface area contributed by atoms with Gasteiger partial charge in [0.05, 0.1) is 0 Å². The van der Waals surface area contributed by atoms with Crippen LogP contribution in [0, 0.1) is 22.7 Å². The van der Waals surface area contributed by atoms with Gasteiger partial charge in [-0.05, 0) is 24.3 Å². The van der Waals surface area contributed by atoms with Crippen molar-refractivity contribution in [2.45, 2.75) is 0 Å². The number of thiazole rings is 1. The van der Waals surface area contributed by atoms with Gasteiger partial charge >= 0.3 is 0 Å². The van der Waals surface area contributed by atoms with Gasteiger partial charge in [-0.25, -0.2) is 9.97 Å². The van der Waals surface area contributed by atoms with Gasteiger partial charge in [-0.3, -0.25) is 0 Å². The normalized spacial score (nSPS) is 9.73. The minimum absolute atomic E-state index is 0.0228. The number of anilines is 1. The summed E-state index contributed by atoms with van der Waals surface area (Å²) >= 11 is 1.52. The summed E-state index contributed by atoms with van der Waals surface area (Å²) < 4.78 is 0. The van der Waals surface area contributed by atoms with Gasteiger partial charge < -0.3 is 5.32 Å². The molecular weight excluding hydrogens is 294 g/mol. The van der Waals surface area contributed by atoms with Crippen molar-refractivity contribution in [3.8, 4) is 22.7 Å². The summed E-state index contributed by atoms with van der Waals surface area (Å²) in [6.45, 7) is 0. The Hall–Kier alpha value is -3.22. The lowest BCUT2D eigenvalue weighted by Crippen LogP contribution is -1.90. The van der Waals surface area contributed by atoms with Gasteiger partial charge in [0.25, 0.3) is 0 Å². The Kier molecular flexibility index (Phi) is 3.78. The largest absolute Gasteiger partial charge is 0.360 e. The molecule has 0 saturated carbocycles. The topological polar surface area (TPSA) is 85.4 Å². The third-order valence-corrected chi connectivity index (χ3v) is 3.93. The van der Waals surface area contributed by atoms with E-state index in [0.29, 0.717) is 0 Å². The molecule has 0 bridgehead atoms.